The second-order valence-electron chi connectivity index (χ2n) is 6.11. The van der Waals surface area contributed by atoms with Crippen LogP contribution in [0.2, 0.25) is 5.02 Å². The van der Waals surface area contributed by atoms with Crippen LogP contribution >= 0.6 is 11.6 Å². The van der Waals surface area contributed by atoms with E-state index >= 15 is 0 Å². The van der Waals surface area contributed by atoms with Gasteiger partial charge >= 0.3 is 5.97 Å². The summed E-state index contributed by atoms with van der Waals surface area (Å²) in [5.41, 5.74) is 0.751. The molecule has 0 radical (unpaired) electrons. The van der Waals surface area contributed by atoms with E-state index in [2.05, 4.69) is 9.46 Å². The Hall–Kier alpha value is -2.29. The van der Waals surface area contributed by atoms with Gasteiger partial charge in [0.25, 0.3) is 0 Å². The summed E-state index contributed by atoms with van der Waals surface area (Å²) >= 11 is 6.02. The molecule has 0 bridgehead atoms. The number of halogens is 1. The van der Waals surface area contributed by atoms with Crippen molar-refractivity contribution in [3.8, 4) is 11.5 Å². The lowest BCUT2D eigenvalue weighted by atomic mass is 10.2. The monoisotopic (exact) mass is 427 g/mol. The molecule has 0 aliphatic rings. The Bertz CT molecular complexity index is 959. The maximum atomic E-state index is 12.7. The molecule has 0 saturated heterocycles. The van der Waals surface area contributed by atoms with E-state index in [1.54, 1.807) is 18.2 Å². The van der Waals surface area contributed by atoms with Crippen LogP contribution in [0.3, 0.4) is 0 Å². The number of carbonyl (C=O) groups is 1. The molecular formula is C19H22ClNO6S. The third kappa shape index (κ3) is 5.37. The van der Waals surface area contributed by atoms with Crippen molar-refractivity contribution in [3.05, 3.63) is 52.5 Å². The molecule has 2 rings (SSSR count). The highest BCUT2D eigenvalue weighted by Crippen LogP contribution is 2.29. The summed E-state index contributed by atoms with van der Waals surface area (Å²) in [6.07, 6.45) is -0.0255. The Labute approximate surface area is 169 Å². The number of methoxy groups -OCH3 is 2. The van der Waals surface area contributed by atoms with Gasteiger partial charge in [0.1, 0.15) is 4.90 Å². The van der Waals surface area contributed by atoms with Crippen LogP contribution in [-0.2, 0) is 21.3 Å². The lowest BCUT2D eigenvalue weighted by molar-refractivity contribution is 0.0600. The van der Waals surface area contributed by atoms with Crippen LogP contribution < -0.4 is 14.2 Å². The van der Waals surface area contributed by atoms with Crippen LogP contribution in [0.1, 0.15) is 29.8 Å². The smallest absolute Gasteiger partial charge is 0.337 e. The number of nitrogens with one attached hydrogen (secondary N) is 1. The topological polar surface area (TPSA) is 90.9 Å². The van der Waals surface area contributed by atoms with Crippen molar-refractivity contribution in [3.63, 3.8) is 0 Å². The van der Waals surface area contributed by atoms with Crippen molar-refractivity contribution in [1.29, 1.82) is 0 Å². The van der Waals surface area contributed by atoms with Gasteiger partial charge in [-0.2, -0.15) is 0 Å². The molecule has 2 aromatic carbocycles. The van der Waals surface area contributed by atoms with Crippen LogP contribution in [0, 0.1) is 0 Å². The van der Waals surface area contributed by atoms with E-state index in [0.717, 1.165) is 0 Å². The van der Waals surface area contributed by atoms with Crippen LogP contribution in [-0.4, -0.2) is 34.7 Å². The van der Waals surface area contributed by atoms with Crippen molar-refractivity contribution in [2.24, 2.45) is 0 Å². The Balaban J connectivity index is 2.23. The van der Waals surface area contributed by atoms with E-state index in [1.807, 2.05) is 13.8 Å². The number of sulfonamides is 1. The fourth-order valence-electron chi connectivity index (χ4n) is 2.38. The zero-order valence-corrected chi connectivity index (χ0v) is 17.6. The average Bonchev–Trinajstić information content (AvgIpc) is 2.66. The number of benzene rings is 2. The summed E-state index contributed by atoms with van der Waals surface area (Å²) in [4.78, 5) is 11.5. The molecule has 0 aliphatic heterocycles. The summed E-state index contributed by atoms with van der Waals surface area (Å²) in [5, 5.41) is -0.00147. The fourth-order valence-corrected chi connectivity index (χ4v) is 3.92. The third-order valence-corrected chi connectivity index (χ3v) is 5.58. The number of esters is 1. The zero-order chi connectivity index (χ0) is 20.9. The van der Waals surface area contributed by atoms with E-state index in [4.69, 9.17) is 21.1 Å². The van der Waals surface area contributed by atoms with Gasteiger partial charge in [-0.3, -0.25) is 0 Å². The Morgan fingerprint density at radius 2 is 1.82 bits per heavy atom. The number of carbonyl (C=O) groups excluding carboxylic acids is 1. The minimum atomic E-state index is -3.96. The second-order valence-corrected chi connectivity index (χ2v) is 8.26. The van der Waals surface area contributed by atoms with E-state index in [9.17, 15) is 13.2 Å². The molecule has 0 heterocycles. The maximum absolute atomic E-state index is 12.7. The van der Waals surface area contributed by atoms with Crippen molar-refractivity contribution in [2.45, 2.75) is 31.4 Å². The molecule has 9 heteroatoms. The molecule has 152 valence electrons. The Morgan fingerprint density at radius 3 is 2.43 bits per heavy atom. The molecule has 0 spiro atoms. The maximum Gasteiger partial charge on any atom is 0.337 e. The van der Waals surface area contributed by atoms with Gasteiger partial charge in [-0.15, -0.1) is 0 Å². The SMILES string of the molecule is COC(=O)c1ccc(Cl)c(S(=O)(=O)NCc2ccc(OC(C)C)c(OC)c2)c1. The van der Waals surface area contributed by atoms with Crippen LogP contribution in [0.4, 0.5) is 0 Å². The van der Waals surface area contributed by atoms with Gasteiger partial charge in [-0.25, -0.2) is 17.9 Å². The molecule has 0 fully saturated rings. The second kappa shape index (κ2) is 9.27. The third-order valence-electron chi connectivity index (χ3n) is 3.70. The average molecular weight is 428 g/mol. The van der Waals surface area contributed by atoms with Gasteiger partial charge in [-0.05, 0) is 49.7 Å². The van der Waals surface area contributed by atoms with Gasteiger partial charge in [0.05, 0.1) is 30.9 Å². The van der Waals surface area contributed by atoms with Gasteiger partial charge in [0.15, 0.2) is 11.5 Å². The lowest BCUT2D eigenvalue weighted by Crippen LogP contribution is -2.24. The Morgan fingerprint density at radius 1 is 1.11 bits per heavy atom. The first-order valence-corrected chi connectivity index (χ1v) is 10.2. The highest BCUT2D eigenvalue weighted by molar-refractivity contribution is 7.89. The highest BCUT2D eigenvalue weighted by Gasteiger charge is 2.20. The minimum Gasteiger partial charge on any atom is -0.493 e. The Kier molecular flexibility index (Phi) is 7.29. The standard InChI is InChI=1S/C19H22ClNO6S/c1-12(2)27-16-8-5-13(9-17(16)25-3)11-21-28(23,24)18-10-14(19(22)26-4)6-7-15(18)20/h5-10,12,21H,11H2,1-4H3. The summed E-state index contributed by atoms with van der Waals surface area (Å²) in [5.74, 6) is 0.410. The molecule has 28 heavy (non-hydrogen) atoms. The van der Waals surface area contributed by atoms with E-state index in [1.165, 1.54) is 32.4 Å². The molecule has 1 N–H and O–H groups in total. The molecule has 0 aliphatic carbocycles. The van der Waals surface area contributed by atoms with Gasteiger partial charge in [-0.1, -0.05) is 17.7 Å². The number of hydrogen-bond acceptors (Lipinski definition) is 6. The normalized spacial score (nSPS) is 11.4. The fraction of sp³-hybridized carbons (Fsp3) is 0.316. The number of rotatable bonds is 8. The summed E-state index contributed by atoms with van der Waals surface area (Å²) in [7, 11) is -1.24. The molecule has 7 nitrogen and oxygen atoms in total. The lowest BCUT2D eigenvalue weighted by Gasteiger charge is -2.15. The van der Waals surface area contributed by atoms with Crippen molar-refractivity contribution in [1.82, 2.24) is 4.72 Å². The molecule has 0 unspecified atom stereocenters. The summed E-state index contributed by atoms with van der Waals surface area (Å²) in [6, 6.07) is 9.04. The van der Waals surface area contributed by atoms with Crippen molar-refractivity contribution in [2.75, 3.05) is 14.2 Å². The van der Waals surface area contributed by atoms with E-state index in [0.29, 0.717) is 17.1 Å². The largest absolute Gasteiger partial charge is 0.493 e. The van der Waals surface area contributed by atoms with Crippen LogP contribution in [0.15, 0.2) is 41.3 Å². The quantitative estimate of drug-likeness (QED) is 0.649. The first kappa shape index (κ1) is 22.0. The minimum absolute atomic E-state index is 0.000563. The molecule has 0 aromatic heterocycles. The van der Waals surface area contributed by atoms with E-state index in [-0.39, 0.29) is 28.1 Å². The zero-order valence-electron chi connectivity index (χ0n) is 16.0. The molecule has 2 aromatic rings. The first-order valence-electron chi connectivity index (χ1n) is 8.39. The highest BCUT2D eigenvalue weighted by atomic mass is 35.5. The molecular weight excluding hydrogens is 406 g/mol. The first-order chi connectivity index (χ1) is 13.2. The predicted molar refractivity (Wildman–Crippen MR) is 106 cm³/mol. The number of hydrogen-bond donors (Lipinski definition) is 1. The van der Waals surface area contributed by atoms with Gasteiger partial charge in [0, 0.05) is 6.54 Å². The van der Waals surface area contributed by atoms with Gasteiger partial charge < -0.3 is 14.2 Å². The predicted octanol–water partition coefficient (Wildman–Crippen LogP) is 3.40. The number of ether oxygens (including phenoxy) is 3. The summed E-state index contributed by atoms with van der Waals surface area (Å²) < 4.78 is 43.3. The summed E-state index contributed by atoms with van der Waals surface area (Å²) in [6.45, 7) is 3.79. The van der Waals surface area contributed by atoms with E-state index < -0.39 is 16.0 Å². The van der Waals surface area contributed by atoms with Crippen molar-refractivity contribution >= 4 is 27.6 Å². The van der Waals surface area contributed by atoms with Gasteiger partial charge in [0.2, 0.25) is 10.0 Å². The van der Waals surface area contributed by atoms with Crippen LogP contribution in [0.5, 0.6) is 11.5 Å². The molecule has 0 saturated carbocycles. The molecule has 0 atom stereocenters. The van der Waals surface area contributed by atoms with Crippen molar-refractivity contribution < 1.29 is 27.4 Å². The van der Waals surface area contributed by atoms with Crippen LogP contribution in [0.25, 0.3) is 0 Å². The molecule has 0 amide bonds.